The lowest BCUT2D eigenvalue weighted by atomic mass is 9.88. The van der Waals surface area contributed by atoms with Crippen molar-refractivity contribution < 1.29 is 23.8 Å². The second-order valence-corrected chi connectivity index (χ2v) is 7.90. The lowest BCUT2D eigenvalue weighted by molar-refractivity contribution is -0.207. The maximum Gasteiger partial charge on any atom is 0.417 e. The van der Waals surface area contributed by atoms with Crippen LogP contribution in [-0.4, -0.2) is 47.0 Å². The molecule has 0 aromatic rings. The topological polar surface area (TPSA) is 65.1 Å². The van der Waals surface area contributed by atoms with Gasteiger partial charge in [0, 0.05) is 0 Å². The number of imide groups is 1. The van der Waals surface area contributed by atoms with Crippen LogP contribution in [0.1, 0.15) is 62.3 Å². The summed E-state index contributed by atoms with van der Waals surface area (Å²) in [6.07, 6.45) is -1.48. The summed E-state index contributed by atoms with van der Waals surface area (Å²) in [4.78, 5) is 26.6. The van der Waals surface area contributed by atoms with E-state index in [2.05, 4.69) is 0 Å². The van der Waals surface area contributed by atoms with Crippen molar-refractivity contribution in [3.63, 3.8) is 0 Å². The van der Waals surface area contributed by atoms with Crippen LogP contribution in [0.3, 0.4) is 0 Å². The van der Waals surface area contributed by atoms with E-state index in [4.69, 9.17) is 14.2 Å². The van der Waals surface area contributed by atoms with Gasteiger partial charge in [0.1, 0.15) is 5.60 Å². The van der Waals surface area contributed by atoms with Crippen LogP contribution in [0.4, 0.5) is 4.79 Å². The molecule has 0 aromatic carbocycles. The minimum absolute atomic E-state index is 0.0816. The summed E-state index contributed by atoms with van der Waals surface area (Å²) in [7, 11) is 0. The third-order valence-corrected chi connectivity index (χ3v) is 4.02. The number of cyclic esters (lactones) is 1. The van der Waals surface area contributed by atoms with E-state index < -0.39 is 23.9 Å². The zero-order valence-corrected chi connectivity index (χ0v) is 16.5. The lowest BCUT2D eigenvalue weighted by Crippen LogP contribution is -2.51. The largest absolute Gasteiger partial charge is 0.441 e. The van der Waals surface area contributed by atoms with Crippen molar-refractivity contribution in [3.05, 3.63) is 0 Å². The molecule has 1 saturated heterocycles. The van der Waals surface area contributed by atoms with Gasteiger partial charge in [-0.25, -0.2) is 9.69 Å². The number of carbonyl (C=O) groups excluding carboxylic acids is 2. The zero-order valence-electron chi connectivity index (χ0n) is 16.5. The standard InChI is InChI=1S/C18H33NO5/c1-10(2)14-18(8,9)24-17(21)19(14)15(20)13(7)16(22-11(3)4)23-12(5)6/h10-14,16H,1-9H3/t13-,14+/m1/s1. The van der Waals surface area contributed by atoms with Crippen molar-refractivity contribution in [2.24, 2.45) is 11.8 Å². The maximum atomic E-state index is 13.0. The summed E-state index contributed by atoms with van der Waals surface area (Å²) in [5.41, 5.74) is -0.714. The third-order valence-electron chi connectivity index (χ3n) is 4.02. The Bertz CT molecular complexity index is 448. The average molecular weight is 343 g/mol. The molecule has 1 fully saturated rings. The van der Waals surface area contributed by atoms with Crippen molar-refractivity contribution in [2.75, 3.05) is 0 Å². The number of carbonyl (C=O) groups is 2. The molecular weight excluding hydrogens is 310 g/mol. The summed E-state index contributed by atoms with van der Waals surface area (Å²) in [5.74, 6) is -0.855. The predicted octanol–water partition coefficient (Wildman–Crippen LogP) is 3.58. The molecule has 140 valence electrons. The van der Waals surface area contributed by atoms with Crippen LogP contribution in [-0.2, 0) is 19.0 Å². The quantitative estimate of drug-likeness (QED) is 0.661. The van der Waals surface area contributed by atoms with E-state index in [9.17, 15) is 9.59 Å². The summed E-state index contributed by atoms with van der Waals surface area (Å²) in [5, 5.41) is 0. The first kappa shape index (κ1) is 20.9. The molecule has 2 amide bonds. The van der Waals surface area contributed by atoms with E-state index in [1.54, 1.807) is 6.92 Å². The molecular formula is C18H33NO5. The van der Waals surface area contributed by atoms with Gasteiger partial charge in [0.05, 0.1) is 24.2 Å². The van der Waals surface area contributed by atoms with Gasteiger partial charge in [-0.15, -0.1) is 0 Å². The molecule has 1 aliphatic heterocycles. The van der Waals surface area contributed by atoms with Gasteiger partial charge in [0.2, 0.25) is 5.91 Å². The minimum Gasteiger partial charge on any atom is -0.441 e. The van der Waals surface area contributed by atoms with Crippen LogP contribution in [0.2, 0.25) is 0 Å². The van der Waals surface area contributed by atoms with Crippen LogP contribution in [0.15, 0.2) is 0 Å². The third kappa shape index (κ3) is 4.70. The predicted molar refractivity (Wildman–Crippen MR) is 91.4 cm³/mol. The summed E-state index contributed by atoms with van der Waals surface area (Å²) >= 11 is 0. The highest BCUT2D eigenvalue weighted by molar-refractivity contribution is 5.95. The minimum atomic E-state index is -0.714. The molecule has 0 spiro atoms. The highest BCUT2D eigenvalue weighted by Crippen LogP contribution is 2.35. The fourth-order valence-corrected chi connectivity index (χ4v) is 3.23. The Hall–Kier alpha value is -1.14. The highest BCUT2D eigenvalue weighted by atomic mass is 16.7. The van der Waals surface area contributed by atoms with Crippen molar-refractivity contribution in [1.82, 2.24) is 4.90 Å². The van der Waals surface area contributed by atoms with Gasteiger partial charge in [-0.3, -0.25) is 4.79 Å². The smallest absolute Gasteiger partial charge is 0.417 e. The first-order chi connectivity index (χ1) is 10.9. The zero-order chi connectivity index (χ0) is 18.8. The Labute approximate surface area is 145 Å². The van der Waals surface area contributed by atoms with Gasteiger partial charge in [-0.1, -0.05) is 13.8 Å². The molecule has 1 aliphatic rings. The van der Waals surface area contributed by atoms with Gasteiger partial charge < -0.3 is 14.2 Å². The van der Waals surface area contributed by atoms with Gasteiger partial charge in [-0.05, 0) is 54.4 Å². The van der Waals surface area contributed by atoms with Crippen molar-refractivity contribution >= 4 is 12.0 Å². The fraction of sp³-hybridized carbons (Fsp3) is 0.889. The maximum absolute atomic E-state index is 13.0. The van der Waals surface area contributed by atoms with Crippen molar-refractivity contribution in [1.29, 1.82) is 0 Å². The molecule has 0 aromatic heterocycles. The molecule has 6 heteroatoms. The number of amides is 2. The lowest BCUT2D eigenvalue weighted by Gasteiger charge is -2.34. The molecule has 1 heterocycles. The second kappa shape index (κ2) is 7.83. The highest BCUT2D eigenvalue weighted by Gasteiger charge is 2.53. The molecule has 0 radical (unpaired) electrons. The number of hydrogen-bond acceptors (Lipinski definition) is 5. The molecule has 0 N–H and O–H groups in total. The number of hydrogen-bond donors (Lipinski definition) is 0. The Morgan fingerprint density at radius 3 is 1.88 bits per heavy atom. The summed E-state index contributed by atoms with van der Waals surface area (Å²) in [6, 6.07) is -0.321. The van der Waals surface area contributed by atoms with Gasteiger partial charge in [0.25, 0.3) is 0 Å². The van der Waals surface area contributed by atoms with Crippen LogP contribution >= 0.6 is 0 Å². The molecule has 0 saturated carbocycles. The van der Waals surface area contributed by atoms with E-state index in [-0.39, 0.29) is 30.1 Å². The second-order valence-electron chi connectivity index (χ2n) is 7.90. The summed E-state index contributed by atoms with van der Waals surface area (Å²) < 4.78 is 17.0. The van der Waals surface area contributed by atoms with Crippen molar-refractivity contribution in [2.45, 2.75) is 92.5 Å². The molecule has 0 aliphatic carbocycles. The Morgan fingerprint density at radius 1 is 1.04 bits per heavy atom. The summed E-state index contributed by atoms with van der Waals surface area (Å²) in [6.45, 7) is 16.9. The van der Waals surface area contributed by atoms with Crippen molar-refractivity contribution in [3.8, 4) is 0 Å². The average Bonchev–Trinajstić information content (AvgIpc) is 2.64. The molecule has 1 rings (SSSR count). The molecule has 0 unspecified atom stereocenters. The van der Waals surface area contributed by atoms with Gasteiger partial charge >= 0.3 is 6.09 Å². The van der Waals surface area contributed by atoms with Crippen LogP contribution in [0.25, 0.3) is 0 Å². The van der Waals surface area contributed by atoms with E-state index >= 15 is 0 Å². The van der Waals surface area contributed by atoms with Crippen LogP contribution in [0.5, 0.6) is 0 Å². The number of rotatable bonds is 7. The van der Waals surface area contributed by atoms with Crippen LogP contribution < -0.4 is 0 Å². The van der Waals surface area contributed by atoms with E-state index in [1.165, 1.54) is 4.90 Å². The Morgan fingerprint density at radius 2 is 1.50 bits per heavy atom. The Kier molecular flexibility index (Phi) is 6.82. The van der Waals surface area contributed by atoms with Crippen LogP contribution in [0, 0.1) is 11.8 Å². The SMILES string of the molecule is CC(C)OC(OC(C)C)[C@H](C)C(=O)N1C(=O)OC(C)(C)[C@@H]1C(C)C. The van der Waals surface area contributed by atoms with Gasteiger partial charge in [-0.2, -0.15) is 0 Å². The normalized spacial score (nSPS) is 22.0. The number of ether oxygens (including phenoxy) is 3. The van der Waals surface area contributed by atoms with E-state index in [1.807, 2.05) is 55.4 Å². The van der Waals surface area contributed by atoms with E-state index in [0.717, 1.165) is 0 Å². The first-order valence-electron chi connectivity index (χ1n) is 8.75. The molecule has 6 nitrogen and oxygen atoms in total. The number of nitrogens with zero attached hydrogens (tertiary/aromatic N) is 1. The fourth-order valence-electron chi connectivity index (χ4n) is 3.23. The van der Waals surface area contributed by atoms with E-state index in [0.29, 0.717) is 0 Å². The first-order valence-corrected chi connectivity index (χ1v) is 8.75. The van der Waals surface area contributed by atoms with Gasteiger partial charge in [0.15, 0.2) is 6.29 Å². The Balaban J connectivity index is 3.05. The molecule has 24 heavy (non-hydrogen) atoms. The monoisotopic (exact) mass is 343 g/mol. The molecule has 2 atom stereocenters. The molecule has 0 bridgehead atoms.